The number of hydrazine groups is 1. The van der Waals surface area contributed by atoms with Crippen molar-refractivity contribution in [3.63, 3.8) is 0 Å². The lowest BCUT2D eigenvalue weighted by Gasteiger charge is -2.09. The molecule has 1 aliphatic carbocycles. The van der Waals surface area contributed by atoms with Crippen LogP contribution in [0.2, 0.25) is 0 Å². The SMILES string of the molecule is CC1C(c2ccccc2)C(=O)N[N+]1=C1c2ccccc2-c2ccccc21. The average molecular weight is 339 g/mol. The lowest BCUT2D eigenvalue weighted by molar-refractivity contribution is -0.590. The summed E-state index contributed by atoms with van der Waals surface area (Å²) in [6.45, 7) is 2.12. The van der Waals surface area contributed by atoms with E-state index in [2.05, 4.69) is 65.6 Å². The zero-order valence-corrected chi connectivity index (χ0v) is 14.5. The summed E-state index contributed by atoms with van der Waals surface area (Å²) in [4.78, 5) is 12.8. The molecule has 3 aromatic carbocycles. The van der Waals surface area contributed by atoms with Crippen LogP contribution in [0.4, 0.5) is 0 Å². The van der Waals surface area contributed by atoms with Gasteiger partial charge in [0.25, 0.3) is 5.91 Å². The number of carbonyl (C=O) groups is 1. The first-order valence-corrected chi connectivity index (χ1v) is 8.96. The van der Waals surface area contributed by atoms with Crippen molar-refractivity contribution >= 4 is 11.6 Å². The minimum Gasteiger partial charge on any atom is -0.268 e. The fourth-order valence-corrected chi connectivity index (χ4v) is 4.26. The van der Waals surface area contributed by atoms with Gasteiger partial charge in [0.2, 0.25) is 5.71 Å². The molecule has 1 saturated heterocycles. The largest absolute Gasteiger partial charge is 0.288 e. The molecule has 0 spiro atoms. The Kier molecular flexibility index (Phi) is 3.29. The normalized spacial score (nSPS) is 20.7. The van der Waals surface area contributed by atoms with Crippen molar-refractivity contribution < 1.29 is 9.48 Å². The van der Waals surface area contributed by atoms with Crippen LogP contribution in [0.25, 0.3) is 11.1 Å². The second-order valence-electron chi connectivity index (χ2n) is 6.91. The summed E-state index contributed by atoms with van der Waals surface area (Å²) in [5.74, 6) is -0.123. The number of fused-ring (bicyclic) bond motifs is 3. The second-order valence-corrected chi connectivity index (χ2v) is 6.91. The highest BCUT2D eigenvalue weighted by Gasteiger charge is 2.47. The first kappa shape index (κ1) is 15.1. The van der Waals surface area contributed by atoms with Crippen LogP contribution >= 0.6 is 0 Å². The van der Waals surface area contributed by atoms with Gasteiger partial charge in [-0.2, -0.15) is 0 Å². The van der Waals surface area contributed by atoms with E-state index in [1.165, 1.54) is 22.3 Å². The Morgan fingerprint density at radius 1 is 0.731 bits per heavy atom. The Bertz CT molecular complexity index is 1010. The fraction of sp³-hybridized carbons (Fsp3) is 0.130. The lowest BCUT2D eigenvalue weighted by Crippen LogP contribution is -2.34. The number of nitrogens with zero attached hydrogens (tertiary/aromatic N) is 1. The number of rotatable bonds is 1. The number of hydrogen-bond acceptors (Lipinski definition) is 1. The smallest absolute Gasteiger partial charge is 0.268 e. The number of hydrogen-bond donors (Lipinski definition) is 1. The van der Waals surface area contributed by atoms with E-state index in [0.717, 1.165) is 11.3 Å². The monoisotopic (exact) mass is 339 g/mol. The molecule has 0 saturated carbocycles. The molecule has 0 radical (unpaired) electrons. The van der Waals surface area contributed by atoms with E-state index in [9.17, 15) is 4.79 Å². The molecule has 1 fully saturated rings. The summed E-state index contributed by atoms with van der Waals surface area (Å²) in [6, 6.07) is 26.9. The summed E-state index contributed by atoms with van der Waals surface area (Å²) in [5.41, 5.74) is 10.1. The average Bonchev–Trinajstić information content (AvgIpc) is 3.16. The van der Waals surface area contributed by atoms with Crippen LogP contribution in [0.3, 0.4) is 0 Å². The van der Waals surface area contributed by atoms with Gasteiger partial charge in [0, 0.05) is 6.92 Å². The van der Waals surface area contributed by atoms with Crippen molar-refractivity contribution in [2.75, 3.05) is 0 Å². The highest BCUT2D eigenvalue weighted by Crippen LogP contribution is 2.38. The molecule has 0 bridgehead atoms. The van der Waals surface area contributed by atoms with Gasteiger partial charge in [-0.15, -0.1) is 10.1 Å². The van der Waals surface area contributed by atoms with Crippen LogP contribution in [0.15, 0.2) is 78.9 Å². The number of nitrogens with one attached hydrogen (secondary N) is 1. The maximum absolute atomic E-state index is 12.8. The zero-order chi connectivity index (χ0) is 17.7. The maximum atomic E-state index is 12.8. The van der Waals surface area contributed by atoms with Crippen molar-refractivity contribution in [3.05, 3.63) is 95.6 Å². The first-order chi connectivity index (χ1) is 12.8. The molecule has 0 aromatic heterocycles. The molecule has 3 aromatic rings. The molecule has 5 rings (SSSR count). The first-order valence-electron chi connectivity index (χ1n) is 8.96. The van der Waals surface area contributed by atoms with Gasteiger partial charge in [-0.25, -0.2) is 0 Å². The van der Waals surface area contributed by atoms with E-state index < -0.39 is 0 Å². The van der Waals surface area contributed by atoms with Gasteiger partial charge in [-0.05, 0) is 28.8 Å². The number of carbonyl (C=O) groups excluding carboxylic acids is 1. The molecule has 1 amide bonds. The summed E-state index contributed by atoms with van der Waals surface area (Å²) in [5, 5.41) is 0. The van der Waals surface area contributed by atoms with E-state index in [4.69, 9.17) is 0 Å². The van der Waals surface area contributed by atoms with E-state index in [1.807, 2.05) is 30.3 Å². The van der Waals surface area contributed by atoms with E-state index in [0.29, 0.717) is 0 Å². The lowest BCUT2D eigenvalue weighted by atomic mass is 9.93. The quantitative estimate of drug-likeness (QED) is 0.527. The fourth-order valence-electron chi connectivity index (χ4n) is 4.26. The Labute approximate surface area is 152 Å². The Morgan fingerprint density at radius 3 is 1.81 bits per heavy atom. The summed E-state index contributed by atoms with van der Waals surface area (Å²) in [6.07, 6.45) is 0. The maximum Gasteiger partial charge on any atom is 0.288 e. The zero-order valence-electron chi connectivity index (χ0n) is 14.5. The summed E-state index contributed by atoms with van der Waals surface area (Å²) < 4.78 is 2.06. The molecule has 2 unspecified atom stereocenters. The van der Waals surface area contributed by atoms with Gasteiger partial charge in [0.1, 0.15) is 5.92 Å². The standard InChI is InChI=1S/C23H18N2O/c1-15-21(16-9-3-2-4-10-16)23(26)24-25(15)22-19-13-7-5-11-17(19)18-12-6-8-14-20(18)22/h2-15,21H,1H3/p+1. The Morgan fingerprint density at radius 2 is 1.23 bits per heavy atom. The van der Waals surface area contributed by atoms with Crippen molar-refractivity contribution in [1.29, 1.82) is 0 Å². The number of benzene rings is 3. The number of amides is 1. The van der Waals surface area contributed by atoms with Gasteiger partial charge in [-0.1, -0.05) is 66.7 Å². The molecule has 3 nitrogen and oxygen atoms in total. The molecule has 126 valence electrons. The molecule has 2 aliphatic rings. The highest BCUT2D eigenvalue weighted by molar-refractivity contribution is 6.22. The van der Waals surface area contributed by atoms with E-state index >= 15 is 0 Å². The number of hydrazone groups is 1. The molecular weight excluding hydrogens is 320 g/mol. The van der Waals surface area contributed by atoms with Crippen molar-refractivity contribution in [1.82, 2.24) is 5.43 Å². The van der Waals surface area contributed by atoms with Crippen LogP contribution < -0.4 is 5.43 Å². The van der Waals surface area contributed by atoms with Crippen LogP contribution in [-0.2, 0) is 4.79 Å². The van der Waals surface area contributed by atoms with Crippen LogP contribution in [0.1, 0.15) is 29.5 Å². The topological polar surface area (TPSA) is 32.1 Å². The third-order valence-corrected chi connectivity index (χ3v) is 5.46. The van der Waals surface area contributed by atoms with Gasteiger partial charge >= 0.3 is 0 Å². The van der Waals surface area contributed by atoms with Crippen molar-refractivity contribution in [2.45, 2.75) is 18.9 Å². The molecule has 1 N–H and O–H groups in total. The Hall–Kier alpha value is -3.20. The minimum atomic E-state index is -0.177. The summed E-state index contributed by atoms with van der Waals surface area (Å²) >= 11 is 0. The minimum absolute atomic E-state index is 0.0270. The predicted molar refractivity (Wildman–Crippen MR) is 102 cm³/mol. The molecule has 2 atom stereocenters. The summed E-state index contributed by atoms with van der Waals surface area (Å²) in [7, 11) is 0. The van der Waals surface area contributed by atoms with Gasteiger partial charge in [0.05, 0.1) is 11.1 Å². The van der Waals surface area contributed by atoms with Gasteiger partial charge in [-0.3, -0.25) is 4.79 Å². The third kappa shape index (κ3) is 2.07. The van der Waals surface area contributed by atoms with E-state index in [1.54, 1.807) is 0 Å². The van der Waals surface area contributed by atoms with E-state index in [-0.39, 0.29) is 17.9 Å². The molecule has 1 heterocycles. The van der Waals surface area contributed by atoms with Gasteiger partial charge in [0.15, 0.2) is 6.04 Å². The third-order valence-electron chi connectivity index (χ3n) is 5.46. The molecule has 1 aliphatic heterocycles. The van der Waals surface area contributed by atoms with Crippen molar-refractivity contribution in [3.8, 4) is 11.1 Å². The Balaban J connectivity index is 1.72. The van der Waals surface area contributed by atoms with Crippen LogP contribution in [0.5, 0.6) is 0 Å². The predicted octanol–water partition coefficient (Wildman–Crippen LogP) is 3.73. The second kappa shape index (κ2) is 5.67. The van der Waals surface area contributed by atoms with Crippen LogP contribution in [0, 0.1) is 0 Å². The molecular formula is C23H19N2O+. The van der Waals surface area contributed by atoms with Crippen LogP contribution in [-0.4, -0.2) is 22.3 Å². The molecule has 26 heavy (non-hydrogen) atoms. The van der Waals surface area contributed by atoms with Crippen molar-refractivity contribution in [2.24, 2.45) is 0 Å². The highest BCUT2D eigenvalue weighted by atomic mass is 16.2. The van der Waals surface area contributed by atoms with Gasteiger partial charge < -0.3 is 0 Å². The molecule has 3 heteroatoms.